The number of hydrogen-bond acceptors (Lipinski definition) is 2. The molecule has 0 N–H and O–H groups in total. The van der Waals surface area contributed by atoms with Gasteiger partial charge in [0, 0.05) is 42.1 Å². The van der Waals surface area contributed by atoms with Gasteiger partial charge in [0.25, 0.3) is 0 Å². The van der Waals surface area contributed by atoms with Crippen LogP contribution in [0, 0.1) is 5.92 Å². The van der Waals surface area contributed by atoms with E-state index in [1.165, 1.54) is 5.56 Å². The van der Waals surface area contributed by atoms with Crippen LogP contribution in [0.5, 0.6) is 0 Å². The second-order valence-electron chi connectivity index (χ2n) is 12.1. The Bertz CT molecular complexity index is 1230. The molecule has 2 unspecified atom stereocenters. The van der Waals surface area contributed by atoms with Crippen LogP contribution in [-0.4, -0.2) is 37.0 Å². The third-order valence-corrected chi connectivity index (χ3v) is 8.68. The van der Waals surface area contributed by atoms with Crippen LogP contribution >= 0.6 is 11.6 Å². The van der Waals surface area contributed by atoms with Gasteiger partial charge in [0.15, 0.2) is 0 Å². The zero-order valence-corrected chi connectivity index (χ0v) is 28.1. The van der Waals surface area contributed by atoms with E-state index in [1.54, 1.807) is 6.92 Å². The minimum Gasteiger partial charge on any atom is -0.343 e. The molecule has 1 aliphatic rings. The number of hydrogen-bond donors (Lipinski definition) is 0. The van der Waals surface area contributed by atoms with Crippen molar-refractivity contribution in [3.05, 3.63) is 75.1 Å². The zero-order valence-electron chi connectivity index (χ0n) is 27.3. The van der Waals surface area contributed by atoms with E-state index in [-0.39, 0.29) is 18.4 Å². The average molecular weight is 606 g/mol. The number of benzene rings is 1. The molecule has 234 valence electrons. The zero-order chi connectivity index (χ0) is 31.8. The molecule has 1 aromatic rings. The van der Waals surface area contributed by atoms with Crippen molar-refractivity contribution in [3.63, 3.8) is 0 Å². The van der Waals surface area contributed by atoms with Gasteiger partial charge < -0.3 is 9.80 Å². The molecule has 1 aromatic carbocycles. The van der Waals surface area contributed by atoms with Crippen molar-refractivity contribution >= 4 is 23.1 Å². The Morgan fingerprint density at radius 3 is 2.19 bits per heavy atom. The second-order valence-corrected chi connectivity index (χ2v) is 12.6. The first-order valence-electron chi connectivity index (χ1n) is 15.2. The predicted molar refractivity (Wildman–Crippen MR) is 175 cm³/mol. The molecule has 2 rings (SSSR count). The summed E-state index contributed by atoms with van der Waals surface area (Å²) < 4.78 is 40.0. The maximum Gasteiger partial charge on any atom is 0.389 e. The molecule has 0 aromatic heterocycles. The highest BCUT2D eigenvalue weighted by Gasteiger charge is 2.48. The monoisotopic (exact) mass is 605 g/mol. The number of halogens is 4. The maximum atomic E-state index is 13.3. The van der Waals surface area contributed by atoms with Gasteiger partial charge in [-0.05, 0) is 96.1 Å². The molecule has 3 nitrogen and oxygen atoms in total. The largest absolute Gasteiger partial charge is 0.389 e. The van der Waals surface area contributed by atoms with Crippen LogP contribution < -0.4 is 4.90 Å². The predicted octanol–water partition coefficient (Wildman–Crippen LogP) is 10.9. The Kier molecular flexibility index (Phi) is 13.0. The van der Waals surface area contributed by atoms with Gasteiger partial charge in [0.1, 0.15) is 5.84 Å². The van der Waals surface area contributed by atoms with E-state index in [4.69, 9.17) is 16.6 Å². The summed E-state index contributed by atoms with van der Waals surface area (Å²) in [7, 11) is 1.87. The van der Waals surface area contributed by atoms with E-state index in [2.05, 4.69) is 54.8 Å². The molecular weight excluding hydrogens is 555 g/mol. The fourth-order valence-corrected chi connectivity index (χ4v) is 5.97. The summed E-state index contributed by atoms with van der Waals surface area (Å²) in [6.45, 7) is 19.5. The van der Waals surface area contributed by atoms with Gasteiger partial charge in [-0.1, -0.05) is 68.1 Å². The van der Waals surface area contributed by atoms with E-state index in [0.717, 1.165) is 58.9 Å². The minimum absolute atomic E-state index is 0.0184. The lowest BCUT2D eigenvalue weighted by atomic mass is 9.72. The number of nitrogens with zero attached hydrogens (tertiary/aromatic N) is 3. The third kappa shape index (κ3) is 8.55. The topological polar surface area (TPSA) is 18.8 Å². The molecule has 0 saturated carbocycles. The average Bonchev–Trinajstić information content (AvgIpc) is 3.18. The Morgan fingerprint density at radius 2 is 1.69 bits per heavy atom. The molecule has 0 fully saturated rings. The molecular formula is C35H51ClF3N3. The van der Waals surface area contributed by atoms with Crippen LogP contribution in [0.15, 0.2) is 74.6 Å². The summed E-state index contributed by atoms with van der Waals surface area (Å²) in [5.74, 6) is 1.54. The van der Waals surface area contributed by atoms with Gasteiger partial charge in [-0.25, -0.2) is 0 Å². The van der Waals surface area contributed by atoms with Crippen LogP contribution in [0.4, 0.5) is 18.9 Å². The number of allylic oxidation sites excluding steroid dienone is 6. The number of fused-ring (bicyclic) bond motifs is 1. The maximum absolute atomic E-state index is 13.3. The second kappa shape index (κ2) is 15.3. The number of para-hydroxylation sites is 1. The molecule has 7 heteroatoms. The minimum atomic E-state index is -4.22. The number of amidine groups is 1. The Labute approximate surface area is 257 Å². The van der Waals surface area contributed by atoms with Crippen molar-refractivity contribution in [3.8, 4) is 0 Å². The van der Waals surface area contributed by atoms with Crippen molar-refractivity contribution in [2.24, 2.45) is 10.9 Å². The van der Waals surface area contributed by atoms with Crippen LogP contribution in [-0.2, 0) is 5.41 Å². The van der Waals surface area contributed by atoms with Gasteiger partial charge in [-0.2, -0.15) is 13.2 Å². The van der Waals surface area contributed by atoms with Crippen LogP contribution in [0.25, 0.3) is 0 Å². The SMILES string of the molecule is CCC(C)CC1(CC)C(=NC)N(CC(=C(C)C)N(CCCC(F)(F)F)/C(=C/C=C(\C)Cl)C(C)=C(C)C)c2ccccc21. The van der Waals surface area contributed by atoms with Gasteiger partial charge in [-0.15, -0.1) is 0 Å². The van der Waals surface area contributed by atoms with E-state index in [9.17, 15) is 13.2 Å². The lowest BCUT2D eigenvalue weighted by molar-refractivity contribution is -0.135. The number of alkyl halides is 3. The molecule has 1 heterocycles. The fourth-order valence-electron chi connectivity index (χ4n) is 5.90. The van der Waals surface area contributed by atoms with Crippen LogP contribution in [0.3, 0.4) is 0 Å². The van der Waals surface area contributed by atoms with E-state index >= 15 is 0 Å². The smallest absolute Gasteiger partial charge is 0.343 e. The fraction of sp³-hybridized carbons (Fsp3) is 0.571. The summed E-state index contributed by atoms with van der Waals surface area (Å²) in [6, 6.07) is 8.54. The number of aliphatic imine (C=N–C) groups is 1. The third-order valence-electron chi connectivity index (χ3n) is 8.55. The first kappa shape index (κ1) is 35.7. The Morgan fingerprint density at radius 1 is 1.05 bits per heavy atom. The molecule has 0 radical (unpaired) electrons. The van der Waals surface area contributed by atoms with Crippen molar-refractivity contribution in [2.75, 3.05) is 25.0 Å². The Balaban J connectivity index is 2.76. The normalized spacial score (nSPS) is 19.2. The molecule has 0 saturated heterocycles. The van der Waals surface area contributed by atoms with Crippen molar-refractivity contribution in [1.29, 1.82) is 0 Å². The first-order valence-corrected chi connectivity index (χ1v) is 15.5. The molecule has 42 heavy (non-hydrogen) atoms. The van der Waals surface area contributed by atoms with Gasteiger partial charge in [0.2, 0.25) is 0 Å². The first-order chi connectivity index (χ1) is 19.6. The van der Waals surface area contributed by atoms with Gasteiger partial charge in [-0.3, -0.25) is 4.99 Å². The standard InChI is InChI=1S/C35H51ClF3N3/c1-11-26(7)22-34(12-2)29-16-13-14-17-31(29)42(33(34)40-10)23-32(25(5)6)41(21-15-20-35(37,38)39)30(19-18-27(8)36)28(9)24(3)4/h13-14,16-19,26H,11-12,15,20-23H2,1-10H3/b27-18+,30-19+,40-33?. The number of anilines is 1. The molecule has 2 atom stereocenters. The van der Waals surface area contributed by atoms with E-state index < -0.39 is 12.6 Å². The van der Waals surface area contributed by atoms with Crippen molar-refractivity contribution < 1.29 is 13.2 Å². The van der Waals surface area contributed by atoms with Crippen molar-refractivity contribution in [2.45, 2.75) is 106 Å². The molecule has 0 bridgehead atoms. The Hall–Kier alpha value is -2.47. The van der Waals surface area contributed by atoms with E-state index in [0.29, 0.717) is 17.5 Å². The highest BCUT2D eigenvalue weighted by atomic mass is 35.5. The summed E-state index contributed by atoms with van der Waals surface area (Å²) in [6.07, 6.45) is 1.67. The molecule has 1 aliphatic heterocycles. The molecule has 0 amide bonds. The lowest BCUT2D eigenvalue weighted by Gasteiger charge is -2.37. The highest BCUT2D eigenvalue weighted by Crippen LogP contribution is 2.49. The van der Waals surface area contributed by atoms with Crippen LogP contribution in [0.1, 0.15) is 100.0 Å². The van der Waals surface area contributed by atoms with Crippen molar-refractivity contribution in [1.82, 2.24) is 4.90 Å². The molecule has 0 aliphatic carbocycles. The summed E-state index contributed by atoms with van der Waals surface area (Å²) in [4.78, 5) is 9.31. The number of rotatable bonds is 13. The molecule has 0 spiro atoms. The summed E-state index contributed by atoms with van der Waals surface area (Å²) >= 11 is 6.25. The van der Waals surface area contributed by atoms with Crippen LogP contribution in [0.2, 0.25) is 0 Å². The quantitative estimate of drug-likeness (QED) is 0.208. The highest BCUT2D eigenvalue weighted by molar-refractivity contribution is 6.29. The summed E-state index contributed by atoms with van der Waals surface area (Å²) in [5, 5.41) is 0.606. The summed E-state index contributed by atoms with van der Waals surface area (Å²) in [5.41, 5.74) is 7.16. The lowest BCUT2D eigenvalue weighted by Crippen LogP contribution is -2.44. The van der Waals surface area contributed by atoms with Gasteiger partial charge in [0.05, 0.1) is 12.0 Å². The van der Waals surface area contributed by atoms with E-state index in [1.807, 2.05) is 53.8 Å². The van der Waals surface area contributed by atoms with Gasteiger partial charge >= 0.3 is 6.18 Å².